The summed E-state index contributed by atoms with van der Waals surface area (Å²) in [5, 5.41) is 11.7. The predicted octanol–water partition coefficient (Wildman–Crippen LogP) is 4.09. The van der Waals surface area contributed by atoms with Gasteiger partial charge >= 0.3 is 12.1 Å². The average Bonchev–Trinajstić information content (AvgIpc) is 2.95. The number of carbonyl (C=O) groups is 2. The van der Waals surface area contributed by atoms with Gasteiger partial charge < -0.3 is 10.4 Å². The van der Waals surface area contributed by atoms with Crippen LogP contribution in [0.15, 0.2) is 23.1 Å². The van der Waals surface area contributed by atoms with Crippen molar-refractivity contribution in [3.05, 3.63) is 23.8 Å². The van der Waals surface area contributed by atoms with Crippen molar-refractivity contribution in [2.75, 3.05) is 11.1 Å². The number of rotatable bonds is 5. The van der Waals surface area contributed by atoms with Gasteiger partial charge in [-0.2, -0.15) is 13.2 Å². The van der Waals surface area contributed by atoms with E-state index >= 15 is 0 Å². The minimum absolute atomic E-state index is 0.262. The zero-order chi connectivity index (χ0) is 17.9. The molecule has 0 aromatic heterocycles. The molecule has 0 heterocycles. The normalized spacial score (nSPS) is 20.8. The molecule has 1 aliphatic carbocycles. The average molecular weight is 361 g/mol. The Morgan fingerprint density at radius 1 is 1.29 bits per heavy atom. The first kappa shape index (κ1) is 18.6. The highest BCUT2D eigenvalue weighted by atomic mass is 32.2. The lowest BCUT2D eigenvalue weighted by Crippen LogP contribution is -2.22. The Bertz CT molecular complexity index is 633. The number of aliphatic carboxylic acids is 1. The summed E-state index contributed by atoms with van der Waals surface area (Å²) in [6.07, 6.45) is -3.12. The molecule has 0 bridgehead atoms. The maximum absolute atomic E-state index is 12.4. The first-order valence-corrected chi connectivity index (χ1v) is 8.48. The number of alkyl halides is 3. The Morgan fingerprint density at radius 2 is 1.96 bits per heavy atom. The Kier molecular flexibility index (Phi) is 5.79. The van der Waals surface area contributed by atoms with Gasteiger partial charge in [0.1, 0.15) is 0 Å². The van der Waals surface area contributed by atoms with Gasteiger partial charge in [0, 0.05) is 10.8 Å². The number of aryl methyl sites for hydroxylation is 1. The fourth-order valence-electron chi connectivity index (χ4n) is 2.71. The van der Waals surface area contributed by atoms with Gasteiger partial charge in [0.2, 0.25) is 5.91 Å². The molecule has 4 nitrogen and oxygen atoms in total. The Balaban J connectivity index is 2.06. The minimum Gasteiger partial charge on any atom is -0.481 e. The second-order valence-electron chi connectivity index (χ2n) is 5.94. The number of nitrogens with one attached hydrogen (secondary N) is 1. The SMILES string of the molecule is Cc1ccc(SCC(F)(F)F)c(NC(=O)[C@@H]2CC[C@H](C(=O)O)C2)c1. The van der Waals surface area contributed by atoms with E-state index in [2.05, 4.69) is 5.32 Å². The van der Waals surface area contributed by atoms with Crippen LogP contribution in [0.3, 0.4) is 0 Å². The number of thioether (sulfide) groups is 1. The van der Waals surface area contributed by atoms with Gasteiger partial charge in [-0.25, -0.2) is 0 Å². The number of amides is 1. The molecule has 0 aliphatic heterocycles. The molecule has 0 radical (unpaired) electrons. The monoisotopic (exact) mass is 361 g/mol. The summed E-state index contributed by atoms with van der Waals surface area (Å²) in [6.45, 7) is 1.78. The molecule has 1 aromatic carbocycles. The van der Waals surface area contributed by atoms with Gasteiger partial charge in [-0.05, 0) is 43.9 Å². The van der Waals surface area contributed by atoms with Gasteiger partial charge in [0.15, 0.2) is 0 Å². The molecule has 0 unspecified atom stereocenters. The van der Waals surface area contributed by atoms with E-state index < -0.39 is 29.7 Å². The van der Waals surface area contributed by atoms with Crippen molar-refractivity contribution in [3.63, 3.8) is 0 Å². The van der Waals surface area contributed by atoms with Gasteiger partial charge in [-0.15, -0.1) is 11.8 Å². The molecule has 2 N–H and O–H groups in total. The van der Waals surface area contributed by atoms with E-state index in [0.29, 0.717) is 35.2 Å². The number of carboxylic acid groups (broad SMARTS) is 1. The largest absolute Gasteiger partial charge is 0.481 e. The molecule has 0 saturated heterocycles. The Labute approximate surface area is 141 Å². The third kappa shape index (κ3) is 5.15. The summed E-state index contributed by atoms with van der Waals surface area (Å²) < 4.78 is 37.2. The van der Waals surface area contributed by atoms with Gasteiger partial charge in [0.05, 0.1) is 17.4 Å². The Morgan fingerprint density at radius 3 is 2.54 bits per heavy atom. The maximum atomic E-state index is 12.4. The molecule has 1 amide bonds. The van der Waals surface area contributed by atoms with Crippen LogP contribution in [0.25, 0.3) is 0 Å². The van der Waals surface area contributed by atoms with Crippen molar-refractivity contribution < 1.29 is 27.9 Å². The number of hydrogen-bond acceptors (Lipinski definition) is 3. The standard InChI is InChI=1S/C16H18F3NO3S/c1-9-2-5-13(24-8-16(17,18)19)12(6-9)20-14(21)10-3-4-11(7-10)15(22)23/h2,5-6,10-11H,3-4,7-8H2,1H3,(H,20,21)(H,22,23)/t10-,11+/m1/s1. The second kappa shape index (κ2) is 7.46. The van der Waals surface area contributed by atoms with E-state index in [1.807, 2.05) is 0 Å². The molecular formula is C16H18F3NO3S. The van der Waals surface area contributed by atoms with Crippen LogP contribution in [0, 0.1) is 18.8 Å². The molecule has 8 heteroatoms. The molecule has 2 rings (SSSR count). The molecule has 2 atom stereocenters. The third-order valence-electron chi connectivity index (χ3n) is 3.94. The van der Waals surface area contributed by atoms with Crippen LogP contribution in [0.4, 0.5) is 18.9 Å². The maximum Gasteiger partial charge on any atom is 0.398 e. The van der Waals surface area contributed by atoms with Crippen molar-refractivity contribution in [2.45, 2.75) is 37.3 Å². The summed E-state index contributed by atoms with van der Waals surface area (Å²) in [4.78, 5) is 23.6. The van der Waals surface area contributed by atoms with Crippen molar-refractivity contribution in [2.24, 2.45) is 11.8 Å². The van der Waals surface area contributed by atoms with Crippen LogP contribution in [-0.4, -0.2) is 28.9 Å². The molecule has 24 heavy (non-hydrogen) atoms. The molecule has 1 aliphatic rings. The number of halogens is 3. The molecule has 132 valence electrons. The van der Waals surface area contributed by atoms with E-state index in [4.69, 9.17) is 5.11 Å². The number of hydrogen-bond donors (Lipinski definition) is 2. The summed E-state index contributed by atoms with van der Waals surface area (Å²) in [6, 6.07) is 4.86. The highest BCUT2D eigenvalue weighted by Crippen LogP contribution is 2.35. The number of anilines is 1. The van der Waals surface area contributed by atoms with E-state index in [1.54, 1.807) is 25.1 Å². The zero-order valence-corrected chi connectivity index (χ0v) is 13.8. The molecule has 1 fully saturated rings. The fourth-order valence-corrected chi connectivity index (χ4v) is 3.45. The van der Waals surface area contributed by atoms with Gasteiger partial charge in [0.25, 0.3) is 0 Å². The van der Waals surface area contributed by atoms with Crippen molar-refractivity contribution in [1.82, 2.24) is 0 Å². The minimum atomic E-state index is -4.29. The van der Waals surface area contributed by atoms with E-state index in [-0.39, 0.29) is 12.3 Å². The van der Waals surface area contributed by atoms with Crippen molar-refractivity contribution in [1.29, 1.82) is 0 Å². The summed E-state index contributed by atoms with van der Waals surface area (Å²) in [7, 11) is 0. The first-order valence-electron chi connectivity index (χ1n) is 7.49. The number of carboxylic acids is 1. The smallest absolute Gasteiger partial charge is 0.398 e. The van der Waals surface area contributed by atoms with Crippen molar-refractivity contribution >= 4 is 29.3 Å². The lowest BCUT2D eigenvalue weighted by molar-refractivity contribution is -0.141. The van der Waals surface area contributed by atoms with Crippen LogP contribution >= 0.6 is 11.8 Å². The van der Waals surface area contributed by atoms with Crippen LogP contribution in [-0.2, 0) is 9.59 Å². The van der Waals surface area contributed by atoms with E-state index in [1.165, 1.54) is 0 Å². The van der Waals surface area contributed by atoms with E-state index in [0.717, 1.165) is 5.56 Å². The molecular weight excluding hydrogens is 343 g/mol. The van der Waals surface area contributed by atoms with Crippen LogP contribution < -0.4 is 5.32 Å². The predicted molar refractivity (Wildman–Crippen MR) is 85.1 cm³/mol. The van der Waals surface area contributed by atoms with Crippen molar-refractivity contribution in [3.8, 4) is 0 Å². The molecule has 0 spiro atoms. The first-order chi connectivity index (χ1) is 11.2. The quantitative estimate of drug-likeness (QED) is 0.776. The van der Waals surface area contributed by atoms with E-state index in [9.17, 15) is 22.8 Å². The second-order valence-corrected chi connectivity index (χ2v) is 6.96. The van der Waals surface area contributed by atoms with Crippen LogP contribution in [0.1, 0.15) is 24.8 Å². The molecule has 1 aromatic rings. The van der Waals surface area contributed by atoms with Crippen LogP contribution in [0.2, 0.25) is 0 Å². The van der Waals surface area contributed by atoms with Crippen LogP contribution in [0.5, 0.6) is 0 Å². The number of carbonyl (C=O) groups excluding carboxylic acids is 1. The lowest BCUT2D eigenvalue weighted by Gasteiger charge is -2.15. The topological polar surface area (TPSA) is 66.4 Å². The Hall–Kier alpha value is -1.70. The fraction of sp³-hybridized carbons (Fsp3) is 0.500. The highest BCUT2D eigenvalue weighted by Gasteiger charge is 2.34. The summed E-state index contributed by atoms with van der Waals surface area (Å²) >= 11 is 0.619. The molecule has 1 saturated carbocycles. The van der Waals surface area contributed by atoms with Gasteiger partial charge in [-0.1, -0.05) is 6.07 Å². The summed E-state index contributed by atoms with van der Waals surface area (Å²) in [5.74, 6) is -3.24. The zero-order valence-electron chi connectivity index (χ0n) is 13.0. The third-order valence-corrected chi connectivity index (χ3v) is 5.08. The van der Waals surface area contributed by atoms with Gasteiger partial charge in [-0.3, -0.25) is 9.59 Å². The summed E-state index contributed by atoms with van der Waals surface area (Å²) in [5.41, 5.74) is 1.16. The number of benzene rings is 1. The highest BCUT2D eigenvalue weighted by molar-refractivity contribution is 7.99. The lowest BCUT2D eigenvalue weighted by atomic mass is 10.0.